The third kappa shape index (κ3) is 2.43. The first-order chi connectivity index (χ1) is 6.29. The van der Waals surface area contributed by atoms with Crippen molar-refractivity contribution in [3.8, 4) is 0 Å². The molecule has 0 spiro atoms. The average Bonchev–Trinajstić information content (AvgIpc) is 2.21. The average molecular weight is 175 g/mol. The summed E-state index contributed by atoms with van der Waals surface area (Å²) in [6.45, 7) is 6.02. The van der Waals surface area contributed by atoms with E-state index in [4.69, 9.17) is 0 Å². The summed E-state index contributed by atoms with van der Waals surface area (Å²) in [4.78, 5) is 0. The minimum atomic E-state index is 0.349. The Bertz CT molecular complexity index is 253. The van der Waals surface area contributed by atoms with Crippen molar-refractivity contribution in [3.63, 3.8) is 0 Å². The summed E-state index contributed by atoms with van der Waals surface area (Å²) >= 11 is 0. The quantitative estimate of drug-likeness (QED) is 0.693. The summed E-state index contributed by atoms with van der Waals surface area (Å²) in [6, 6.07) is 10.8. The van der Waals surface area contributed by atoms with Crippen LogP contribution in [0.5, 0.6) is 0 Å². The molecule has 0 aliphatic heterocycles. The van der Waals surface area contributed by atoms with Crippen LogP contribution in [-0.4, -0.2) is 13.1 Å². The van der Waals surface area contributed by atoms with Crippen molar-refractivity contribution in [2.75, 3.05) is 7.05 Å². The highest BCUT2D eigenvalue weighted by Crippen LogP contribution is 2.18. The Morgan fingerprint density at radius 2 is 1.92 bits per heavy atom. The molecule has 13 heavy (non-hydrogen) atoms. The van der Waals surface area contributed by atoms with Gasteiger partial charge >= 0.3 is 0 Å². The highest BCUT2D eigenvalue weighted by Gasteiger charge is 2.12. The summed E-state index contributed by atoms with van der Waals surface area (Å²) in [6.07, 6.45) is 1.96. The highest BCUT2D eigenvalue weighted by atomic mass is 14.9. The van der Waals surface area contributed by atoms with Gasteiger partial charge in [0.05, 0.1) is 0 Å². The molecule has 2 unspecified atom stereocenters. The molecule has 1 aromatic carbocycles. The largest absolute Gasteiger partial charge is 0.313 e. The molecule has 0 saturated heterocycles. The molecule has 0 bridgehead atoms. The Hall–Kier alpha value is -1.08. The number of hydrogen-bond donors (Lipinski definition) is 1. The molecule has 0 fully saturated rings. The molecule has 0 radical (unpaired) electrons. The normalized spacial score (nSPS) is 14.9. The fourth-order valence-electron chi connectivity index (χ4n) is 1.54. The van der Waals surface area contributed by atoms with Crippen LogP contribution >= 0.6 is 0 Å². The van der Waals surface area contributed by atoms with Gasteiger partial charge < -0.3 is 5.32 Å². The van der Waals surface area contributed by atoms with Crippen LogP contribution in [0.1, 0.15) is 18.4 Å². The molecule has 0 saturated carbocycles. The van der Waals surface area contributed by atoms with Crippen LogP contribution in [0, 0.1) is 0 Å². The number of rotatable bonds is 4. The number of likely N-dealkylation sites (N-methyl/N-ethyl adjacent to an activating group) is 1. The van der Waals surface area contributed by atoms with Gasteiger partial charge in [0, 0.05) is 6.04 Å². The molecule has 0 amide bonds. The third-order valence-corrected chi connectivity index (χ3v) is 2.45. The lowest BCUT2D eigenvalue weighted by Crippen LogP contribution is -2.28. The van der Waals surface area contributed by atoms with Crippen molar-refractivity contribution < 1.29 is 0 Å². The standard InChI is InChI=1S/C12H17N/c1-4-12(13-3)10(2)11-8-6-5-7-9-11/h4-10,12-13H,1H2,2-3H3. The van der Waals surface area contributed by atoms with Gasteiger partial charge in [-0.05, 0) is 18.5 Å². The van der Waals surface area contributed by atoms with E-state index in [0.29, 0.717) is 12.0 Å². The predicted molar refractivity (Wildman–Crippen MR) is 57.9 cm³/mol. The first kappa shape index (κ1) is 10.0. The molecule has 0 heterocycles. The monoisotopic (exact) mass is 175 g/mol. The van der Waals surface area contributed by atoms with Gasteiger partial charge in [-0.1, -0.05) is 43.3 Å². The molecule has 1 aromatic rings. The van der Waals surface area contributed by atoms with Crippen LogP contribution < -0.4 is 5.32 Å². The minimum Gasteiger partial charge on any atom is -0.313 e. The fourth-order valence-corrected chi connectivity index (χ4v) is 1.54. The second-order valence-corrected chi connectivity index (χ2v) is 3.25. The van der Waals surface area contributed by atoms with Crippen molar-refractivity contribution in [2.24, 2.45) is 0 Å². The summed E-state index contributed by atoms with van der Waals surface area (Å²) in [5.74, 6) is 0.476. The van der Waals surface area contributed by atoms with Gasteiger partial charge in [0.15, 0.2) is 0 Å². The van der Waals surface area contributed by atoms with Crippen molar-refractivity contribution in [1.82, 2.24) is 5.32 Å². The lowest BCUT2D eigenvalue weighted by Gasteiger charge is -2.20. The highest BCUT2D eigenvalue weighted by molar-refractivity contribution is 5.21. The van der Waals surface area contributed by atoms with E-state index in [-0.39, 0.29) is 0 Å². The van der Waals surface area contributed by atoms with Crippen LogP contribution in [-0.2, 0) is 0 Å². The topological polar surface area (TPSA) is 12.0 Å². The second kappa shape index (κ2) is 4.83. The number of hydrogen-bond acceptors (Lipinski definition) is 1. The van der Waals surface area contributed by atoms with E-state index >= 15 is 0 Å². The fraction of sp³-hybridized carbons (Fsp3) is 0.333. The Kier molecular flexibility index (Phi) is 3.71. The van der Waals surface area contributed by atoms with Gasteiger partial charge in [0.1, 0.15) is 0 Å². The Morgan fingerprint density at radius 1 is 1.31 bits per heavy atom. The van der Waals surface area contributed by atoms with Crippen LogP contribution in [0.15, 0.2) is 43.0 Å². The van der Waals surface area contributed by atoms with Gasteiger partial charge in [-0.25, -0.2) is 0 Å². The SMILES string of the molecule is C=CC(NC)C(C)c1ccccc1. The van der Waals surface area contributed by atoms with Gasteiger partial charge in [0.2, 0.25) is 0 Å². The maximum atomic E-state index is 3.82. The lowest BCUT2D eigenvalue weighted by molar-refractivity contribution is 0.571. The summed E-state index contributed by atoms with van der Waals surface area (Å²) < 4.78 is 0. The van der Waals surface area contributed by atoms with Gasteiger partial charge in [-0.15, -0.1) is 6.58 Å². The van der Waals surface area contributed by atoms with Crippen LogP contribution in [0.4, 0.5) is 0 Å². The van der Waals surface area contributed by atoms with Crippen molar-refractivity contribution in [3.05, 3.63) is 48.6 Å². The van der Waals surface area contributed by atoms with E-state index in [1.807, 2.05) is 19.2 Å². The van der Waals surface area contributed by atoms with E-state index in [2.05, 4.69) is 43.1 Å². The molecule has 0 aromatic heterocycles. The Morgan fingerprint density at radius 3 is 2.38 bits per heavy atom. The molecule has 2 atom stereocenters. The van der Waals surface area contributed by atoms with E-state index in [9.17, 15) is 0 Å². The molecular formula is C12H17N. The van der Waals surface area contributed by atoms with Gasteiger partial charge in [0.25, 0.3) is 0 Å². The molecule has 70 valence electrons. The Balaban J connectivity index is 2.77. The molecule has 1 rings (SSSR count). The van der Waals surface area contributed by atoms with Crippen LogP contribution in [0.2, 0.25) is 0 Å². The molecule has 0 aliphatic rings. The van der Waals surface area contributed by atoms with E-state index in [1.165, 1.54) is 5.56 Å². The number of nitrogens with one attached hydrogen (secondary N) is 1. The molecule has 0 aliphatic carbocycles. The summed E-state index contributed by atoms with van der Waals surface area (Å²) in [7, 11) is 1.96. The van der Waals surface area contributed by atoms with Crippen LogP contribution in [0.25, 0.3) is 0 Å². The number of benzene rings is 1. The third-order valence-electron chi connectivity index (χ3n) is 2.45. The second-order valence-electron chi connectivity index (χ2n) is 3.25. The Labute approximate surface area is 80.5 Å². The summed E-state index contributed by atoms with van der Waals surface area (Å²) in [5, 5.41) is 3.23. The first-order valence-corrected chi connectivity index (χ1v) is 4.64. The zero-order chi connectivity index (χ0) is 9.68. The van der Waals surface area contributed by atoms with Gasteiger partial charge in [-0.2, -0.15) is 0 Å². The van der Waals surface area contributed by atoms with E-state index in [0.717, 1.165) is 0 Å². The maximum Gasteiger partial charge on any atom is 0.0311 e. The van der Waals surface area contributed by atoms with Crippen molar-refractivity contribution in [1.29, 1.82) is 0 Å². The molecule has 1 heteroatoms. The maximum absolute atomic E-state index is 3.82. The molecule has 1 N–H and O–H groups in total. The predicted octanol–water partition coefficient (Wildman–Crippen LogP) is 2.56. The first-order valence-electron chi connectivity index (χ1n) is 4.64. The summed E-state index contributed by atoms with van der Waals surface area (Å²) in [5.41, 5.74) is 1.35. The molecule has 1 nitrogen and oxygen atoms in total. The zero-order valence-corrected chi connectivity index (χ0v) is 8.33. The molecular weight excluding hydrogens is 158 g/mol. The lowest BCUT2D eigenvalue weighted by atomic mass is 9.93. The van der Waals surface area contributed by atoms with Crippen molar-refractivity contribution >= 4 is 0 Å². The smallest absolute Gasteiger partial charge is 0.0311 e. The zero-order valence-electron chi connectivity index (χ0n) is 8.33. The van der Waals surface area contributed by atoms with Crippen LogP contribution in [0.3, 0.4) is 0 Å². The van der Waals surface area contributed by atoms with Crippen molar-refractivity contribution in [2.45, 2.75) is 18.9 Å². The van der Waals surface area contributed by atoms with E-state index < -0.39 is 0 Å². The van der Waals surface area contributed by atoms with Gasteiger partial charge in [-0.3, -0.25) is 0 Å². The minimum absolute atomic E-state index is 0.349. The van der Waals surface area contributed by atoms with E-state index in [1.54, 1.807) is 0 Å².